The molecule has 0 bridgehead atoms. The number of rotatable bonds is 5. The van der Waals surface area contributed by atoms with E-state index in [-0.39, 0.29) is 0 Å². The summed E-state index contributed by atoms with van der Waals surface area (Å²) in [6.45, 7) is 7.21. The van der Waals surface area contributed by atoms with Crippen LogP contribution >= 0.6 is 0 Å². The van der Waals surface area contributed by atoms with Crippen molar-refractivity contribution in [2.75, 3.05) is 37.7 Å². The van der Waals surface area contributed by atoms with Gasteiger partial charge in [-0.25, -0.2) is 4.98 Å². The number of hydrogen-bond acceptors (Lipinski definition) is 6. The van der Waals surface area contributed by atoms with Crippen LogP contribution in [-0.4, -0.2) is 64.8 Å². The zero-order valence-electron chi connectivity index (χ0n) is 12.5. The maximum absolute atomic E-state index is 11.1. The van der Waals surface area contributed by atoms with Crippen molar-refractivity contribution in [1.82, 2.24) is 14.9 Å². The van der Waals surface area contributed by atoms with Gasteiger partial charge >= 0.3 is 5.97 Å². The Morgan fingerprint density at radius 2 is 2.24 bits per heavy atom. The molecule has 1 fully saturated rings. The summed E-state index contributed by atoms with van der Waals surface area (Å²) in [5.41, 5.74) is 0. The molecule has 0 radical (unpaired) electrons. The molecule has 0 aromatic carbocycles. The molecule has 7 heteroatoms. The number of aliphatic carboxylic acids is 1. The van der Waals surface area contributed by atoms with Gasteiger partial charge in [-0.05, 0) is 20.3 Å². The second kappa shape index (κ2) is 7.21. The summed E-state index contributed by atoms with van der Waals surface area (Å²) in [6.07, 6.45) is 2.58. The largest absolute Gasteiger partial charge is 0.480 e. The average molecular weight is 294 g/mol. The quantitative estimate of drug-likeness (QED) is 0.862. The van der Waals surface area contributed by atoms with Crippen LogP contribution in [0.2, 0.25) is 0 Å². The van der Waals surface area contributed by atoms with E-state index in [0.29, 0.717) is 31.5 Å². The fourth-order valence-electron chi connectivity index (χ4n) is 2.39. The van der Waals surface area contributed by atoms with Crippen molar-refractivity contribution in [2.45, 2.75) is 26.3 Å². The maximum atomic E-state index is 11.1. The van der Waals surface area contributed by atoms with Crippen molar-refractivity contribution in [2.24, 2.45) is 0 Å². The van der Waals surface area contributed by atoms with Crippen LogP contribution in [0.3, 0.4) is 0 Å². The minimum absolute atomic E-state index is 0.458. The molecule has 0 aliphatic carbocycles. The van der Waals surface area contributed by atoms with Gasteiger partial charge in [-0.2, -0.15) is 4.98 Å². The Hall–Kier alpha value is -1.89. The SMILES string of the molecule is CCOc1ccnc(N2CCCN(C(C)C(=O)O)CC2)n1. The molecule has 1 aliphatic heterocycles. The Labute approximate surface area is 124 Å². The van der Waals surface area contributed by atoms with E-state index in [4.69, 9.17) is 9.84 Å². The first-order chi connectivity index (χ1) is 10.1. The van der Waals surface area contributed by atoms with Crippen LogP contribution in [0.15, 0.2) is 12.3 Å². The van der Waals surface area contributed by atoms with E-state index in [1.165, 1.54) is 0 Å². The van der Waals surface area contributed by atoms with Gasteiger partial charge in [0, 0.05) is 38.4 Å². The summed E-state index contributed by atoms with van der Waals surface area (Å²) in [4.78, 5) is 23.8. The highest BCUT2D eigenvalue weighted by molar-refractivity contribution is 5.72. The van der Waals surface area contributed by atoms with Crippen LogP contribution < -0.4 is 9.64 Å². The number of carbonyl (C=O) groups is 1. The number of carboxylic acids is 1. The van der Waals surface area contributed by atoms with Gasteiger partial charge in [0.15, 0.2) is 0 Å². The monoisotopic (exact) mass is 294 g/mol. The molecule has 21 heavy (non-hydrogen) atoms. The fraction of sp³-hybridized carbons (Fsp3) is 0.643. The predicted molar refractivity (Wildman–Crippen MR) is 78.7 cm³/mol. The molecule has 1 saturated heterocycles. The van der Waals surface area contributed by atoms with Crippen LogP contribution in [0.1, 0.15) is 20.3 Å². The average Bonchev–Trinajstić information content (AvgIpc) is 2.73. The first-order valence-electron chi connectivity index (χ1n) is 7.29. The van der Waals surface area contributed by atoms with Crippen molar-refractivity contribution < 1.29 is 14.6 Å². The van der Waals surface area contributed by atoms with Gasteiger partial charge in [0.25, 0.3) is 0 Å². The summed E-state index contributed by atoms with van der Waals surface area (Å²) in [5, 5.41) is 9.11. The first kappa shape index (κ1) is 15.5. The van der Waals surface area contributed by atoms with Crippen molar-refractivity contribution in [3.05, 3.63) is 12.3 Å². The summed E-state index contributed by atoms with van der Waals surface area (Å²) in [7, 11) is 0. The number of ether oxygens (including phenoxy) is 1. The van der Waals surface area contributed by atoms with E-state index in [9.17, 15) is 4.79 Å². The molecule has 1 unspecified atom stereocenters. The van der Waals surface area contributed by atoms with E-state index in [0.717, 1.165) is 19.5 Å². The number of hydrogen-bond donors (Lipinski definition) is 1. The summed E-state index contributed by atoms with van der Waals surface area (Å²) < 4.78 is 5.39. The topological polar surface area (TPSA) is 78.8 Å². The highest BCUT2D eigenvalue weighted by Gasteiger charge is 2.24. The predicted octanol–water partition coefficient (Wildman–Crippen LogP) is 0.860. The Morgan fingerprint density at radius 3 is 2.95 bits per heavy atom. The van der Waals surface area contributed by atoms with Crippen molar-refractivity contribution in [3.8, 4) is 5.88 Å². The molecule has 2 heterocycles. The number of aromatic nitrogens is 2. The highest BCUT2D eigenvalue weighted by Crippen LogP contribution is 2.16. The first-order valence-corrected chi connectivity index (χ1v) is 7.29. The summed E-state index contributed by atoms with van der Waals surface area (Å²) >= 11 is 0. The van der Waals surface area contributed by atoms with E-state index in [1.54, 1.807) is 19.2 Å². The number of nitrogens with zero attached hydrogens (tertiary/aromatic N) is 4. The van der Waals surface area contributed by atoms with E-state index < -0.39 is 12.0 Å². The summed E-state index contributed by atoms with van der Waals surface area (Å²) in [6, 6.07) is 1.28. The van der Waals surface area contributed by atoms with E-state index >= 15 is 0 Å². The fourth-order valence-corrected chi connectivity index (χ4v) is 2.39. The minimum Gasteiger partial charge on any atom is -0.480 e. The lowest BCUT2D eigenvalue weighted by Crippen LogP contribution is -2.41. The third-order valence-corrected chi connectivity index (χ3v) is 3.63. The van der Waals surface area contributed by atoms with Crippen molar-refractivity contribution in [3.63, 3.8) is 0 Å². The second-order valence-electron chi connectivity index (χ2n) is 5.02. The van der Waals surface area contributed by atoms with Crippen LogP contribution in [0.25, 0.3) is 0 Å². The van der Waals surface area contributed by atoms with Crippen molar-refractivity contribution in [1.29, 1.82) is 0 Å². The molecule has 1 N–H and O–H groups in total. The Bertz CT molecular complexity index is 483. The van der Waals surface area contributed by atoms with Gasteiger partial charge < -0.3 is 14.7 Å². The Morgan fingerprint density at radius 1 is 1.43 bits per heavy atom. The third-order valence-electron chi connectivity index (χ3n) is 3.63. The maximum Gasteiger partial charge on any atom is 0.320 e. The van der Waals surface area contributed by atoms with Crippen LogP contribution in [-0.2, 0) is 4.79 Å². The van der Waals surface area contributed by atoms with E-state index in [2.05, 4.69) is 14.9 Å². The molecule has 0 amide bonds. The van der Waals surface area contributed by atoms with Crippen molar-refractivity contribution >= 4 is 11.9 Å². The van der Waals surface area contributed by atoms with Gasteiger partial charge in [0.2, 0.25) is 11.8 Å². The third kappa shape index (κ3) is 4.04. The van der Waals surface area contributed by atoms with Gasteiger partial charge in [-0.1, -0.05) is 0 Å². The van der Waals surface area contributed by atoms with Crippen LogP contribution in [0, 0.1) is 0 Å². The second-order valence-corrected chi connectivity index (χ2v) is 5.02. The molecule has 1 aromatic heterocycles. The van der Waals surface area contributed by atoms with Gasteiger partial charge in [0.1, 0.15) is 6.04 Å². The smallest absolute Gasteiger partial charge is 0.320 e. The lowest BCUT2D eigenvalue weighted by Gasteiger charge is -2.24. The molecule has 2 rings (SSSR count). The van der Waals surface area contributed by atoms with Crippen LogP contribution in [0.4, 0.5) is 5.95 Å². The van der Waals surface area contributed by atoms with Gasteiger partial charge in [0.05, 0.1) is 6.61 Å². The van der Waals surface area contributed by atoms with Crippen LogP contribution in [0.5, 0.6) is 5.88 Å². The lowest BCUT2D eigenvalue weighted by atomic mass is 10.2. The van der Waals surface area contributed by atoms with E-state index in [1.807, 2.05) is 11.8 Å². The normalized spacial score (nSPS) is 18.1. The van der Waals surface area contributed by atoms with Gasteiger partial charge in [-0.3, -0.25) is 9.69 Å². The molecule has 1 atom stereocenters. The molecular weight excluding hydrogens is 272 g/mol. The van der Waals surface area contributed by atoms with Gasteiger partial charge in [-0.15, -0.1) is 0 Å². The zero-order valence-corrected chi connectivity index (χ0v) is 12.5. The molecular formula is C14H22N4O3. The highest BCUT2D eigenvalue weighted by atomic mass is 16.5. The lowest BCUT2D eigenvalue weighted by molar-refractivity contribution is -0.142. The molecule has 0 saturated carbocycles. The molecule has 0 spiro atoms. The molecule has 1 aromatic rings. The minimum atomic E-state index is -0.780. The standard InChI is InChI=1S/C14H22N4O3/c1-3-21-12-5-6-15-14(16-12)18-8-4-7-17(9-10-18)11(2)13(19)20/h5-6,11H,3-4,7-10H2,1-2H3,(H,19,20). The molecule has 1 aliphatic rings. The Balaban J connectivity index is 2.02. The number of carboxylic acid groups (broad SMARTS) is 1. The summed E-state index contributed by atoms with van der Waals surface area (Å²) in [5.74, 6) is 0.436. The molecule has 116 valence electrons. The zero-order chi connectivity index (χ0) is 15.2. The number of anilines is 1. The molecule has 7 nitrogen and oxygen atoms in total. The Kier molecular flexibility index (Phi) is 5.32.